The third-order valence-corrected chi connectivity index (χ3v) is 7.02. The monoisotopic (exact) mass is 461 g/mol. The molecule has 1 aliphatic carbocycles. The van der Waals surface area contributed by atoms with Crippen LogP contribution in [0.5, 0.6) is 0 Å². The molecule has 6 nitrogen and oxygen atoms in total. The van der Waals surface area contributed by atoms with E-state index in [2.05, 4.69) is 6.92 Å². The van der Waals surface area contributed by atoms with Gasteiger partial charge in [0.15, 0.2) is 0 Å². The van der Waals surface area contributed by atoms with E-state index in [4.69, 9.17) is 9.72 Å². The summed E-state index contributed by atoms with van der Waals surface area (Å²) in [7, 11) is 1.65. The number of amides is 1. The molecule has 1 saturated carbocycles. The molecule has 0 saturated heterocycles. The Hall–Kier alpha value is -2.99. The van der Waals surface area contributed by atoms with Gasteiger partial charge in [-0.15, -0.1) is 0 Å². The van der Waals surface area contributed by atoms with Crippen LogP contribution in [0.4, 0.5) is 0 Å². The Bertz CT molecular complexity index is 1180. The summed E-state index contributed by atoms with van der Waals surface area (Å²) in [5.41, 5.74) is 2.49. The van der Waals surface area contributed by atoms with Crippen molar-refractivity contribution in [3.63, 3.8) is 0 Å². The number of hydrogen-bond acceptors (Lipinski definition) is 4. The van der Waals surface area contributed by atoms with E-state index in [9.17, 15) is 9.59 Å². The van der Waals surface area contributed by atoms with Gasteiger partial charge in [-0.1, -0.05) is 50.5 Å². The molecule has 3 aromatic rings. The summed E-state index contributed by atoms with van der Waals surface area (Å²) in [5, 5.41) is 0.570. The Labute approximate surface area is 201 Å². The number of para-hydroxylation sites is 1. The van der Waals surface area contributed by atoms with Gasteiger partial charge in [0.2, 0.25) is 5.91 Å². The van der Waals surface area contributed by atoms with Gasteiger partial charge in [0.25, 0.3) is 5.56 Å². The van der Waals surface area contributed by atoms with Crippen LogP contribution in [0.25, 0.3) is 16.6 Å². The van der Waals surface area contributed by atoms with E-state index < -0.39 is 0 Å². The zero-order valence-electron chi connectivity index (χ0n) is 20.5. The van der Waals surface area contributed by atoms with E-state index in [1.807, 2.05) is 60.4 Å². The summed E-state index contributed by atoms with van der Waals surface area (Å²) in [4.78, 5) is 34.2. The molecule has 2 aromatic carbocycles. The fourth-order valence-electron chi connectivity index (χ4n) is 4.97. The maximum Gasteiger partial charge on any atom is 0.266 e. The van der Waals surface area contributed by atoms with Crippen LogP contribution in [0.3, 0.4) is 0 Å². The predicted octanol–water partition coefficient (Wildman–Crippen LogP) is 5.06. The summed E-state index contributed by atoms with van der Waals surface area (Å²) in [5.74, 6) is 0.741. The number of ether oxygens (including phenoxy) is 1. The van der Waals surface area contributed by atoms with Crippen LogP contribution in [0, 0.1) is 5.92 Å². The van der Waals surface area contributed by atoms with Crippen LogP contribution in [-0.2, 0) is 16.0 Å². The third kappa shape index (κ3) is 4.92. The zero-order chi connectivity index (χ0) is 24.1. The second kappa shape index (κ2) is 11.0. The molecule has 0 spiro atoms. The van der Waals surface area contributed by atoms with E-state index in [0.29, 0.717) is 29.9 Å². The molecule has 180 valence electrons. The molecular formula is C28H35N3O3. The van der Waals surface area contributed by atoms with Crippen molar-refractivity contribution in [1.29, 1.82) is 0 Å². The van der Waals surface area contributed by atoms with E-state index in [1.54, 1.807) is 11.7 Å². The largest absolute Gasteiger partial charge is 0.383 e. The van der Waals surface area contributed by atoms with Gasteiger partial charge >= 0.3 is 0 Å². The lowest BCUT2D eigenvalue weighted by molar-refractivity contribution is -0.139. The zero-order valence-corrected chi connectivity index (χ0v) is 20.5. The topological polar surface area (TPSA) is 64.4 Å². The van der Waals surface area contributed by atoms with Crippen LogP contribution in [0.1, 0.15) is 63.4 Å². The van der Waals surface area contributed by atoms with Gasteiger partial charge < -0.3 is 9.64 Å². The van der Waals surface area contributed by atoms with Crippen LogP contribution in [0.15, 0.2) is 53.3 Å². The van der Waals surface area contributed by atoms with Gasteiger partial charge in [-0.25, -0.2) is 4.98 Å². The maximum absolute atomic E-state index is 13.7. The summed E-state index contributed by atoms with van der Waals surface area (Å²) in [6.07, 6.45) is 6.14. The quantitative estimate of drug-likeness (QED) is 0.470. The van der Waals surface area contributed by atoms with E-state index >= 15 is 0 Å². The molecule has 0 bridgehead atoms. The van der Waals surface area contributed by atoms with Crippen LogP contribution < -0.4 is 5.56 Å². The van der Waals surface area contributed by atoms with E-state index in [1.165, 1.54) is 12.0 Å². The number of hydrogen-bond donors (Lipinski definition) is 0. The van der Waals surface area contributed by atoms with Gasteiger partial charge in [-0.05, 0) is 56.0 Å². The molecule has 1 aliphatic rings. The van der Waals surface area contributed by atoms with Gasteiger partial charge in [0.05, 0.1) is 29.2 Å². The summed E-state index contributed by atoms with van der Waals surface area (Å²) in [6, 6.07) is 15.1. The number of methoxy groups -OCH3 is 1. The van der Waals surface area contributed by atoms with Crippen molar-refractivity contribution < 1.29 is 9.53 Å². The molecule has 0 radical (unpaired) electrons. The lowest BCUT2D eigenvalue weighted by Crippen LogP contribution is -2.42. The van der Waals surface area contributed by atoms with Crippen molar-refractivity contribution >= 4 is 16.8 Å². The van der Waals surface area contributed by atoms with Gasteiger partial charge in [0.1, 0.15) is 5.82 Å². The molecule has 1 unspecified atom stereocenters. The highest BCUT2D eigenvalue weighted by atomic mass is 16.5. The number of nitrogens with zero attached hydrogens (tertiary/aromatic N) is 3. The summed E-state index contributed by atoms with van der Waals surface area (Å²) in [6.45, 7) is 4.98. The number of carbonyl (C=O) groups excluding carboxylic acids is 1. The van der Waals surface area contributed by atoms with Gasteiger partial charge in [-0.3, -0.25) is 14.2 Å². The molecule has 34 heavy (non-hydrogen) atoms. The van der Waals surface area contributed by atoms with Crippen molar-refractivity contribution in [2.45, 2.75) is 58.4 Å². The first-order valence-electron chi connectivity index (χ1n) is 12.5. The minimum Gasteiger partial charge on any atom is -0.383 e. The Balaban J connectivity index is 1.83. The highest BCUT2D eigenvalue weighted by molar-refractivity contribution is 5.80. The highest BCUT2D eigenvalue weighted by Crippen LogP contribution is 2.30. The average Bonchev–Trinajstić information content (AvgIpc) is 2.89. The molecule has 1 heterocycles. The predicted molar refractivity (Wildman–Crippen MR) is 135 cm³/mol. The Kier molecular flexibility index (Phi) is 7.78. The van der Waals surface area contributed by atoms with Crippen LogP contribution in [-0.4, -0.2) is 40.6 Å². The smallest absolute Gasteiger partial charge is 0.266 e. The van der Waals surface area contributed by atoms with E-state index in [-0.39, 0.29) is 23.4 Å². The Morgan fingerprint density at radius 1 is 1.12 bits per heavy atom. The Morgan fingerprint density at radius 2 is 1.82 bits per heavy atom. The molecule has 0 aliphatic heterocycles. The molecule has 1 aromatic heterocycles. The number of fused-ring (bicyclic) bond motifs is 1. The molecule has 1 fully saturated rings. The molecule has 4 rings (SSSR count). The lowest BCUT2D eigenvalue weighted by Gasteiger charge is -2.34. The summed E-state index contributed by atoms with van der Waals surface area (Å²) < 4.78 is 7.03. The minimum atomic E-state index is -0.382. The number of aromatic nitrogens is 2. The number of rotatable bonds is 8. The van der Waals surface area contributed by atoms with Crippen molar-refractivity contribution in [2.75, 3.05) is 20.3 Å². The first-order chi connectivity index (χ1) is 16.5. The fourth-order valence-corrected chi connectivity index (χ4v) is 4.97. The van der Waals surface area contributed by atoms with Crippen molar-refractivity contribution in [2.24, 2.45) is 5.92 Å². The normalized spacial score (nSPS) is 15.4. The molecule has 6 heteroatoms. The van der Waals surface area contributed by atoms with Crippen LogP contribution >= 0.6 is 0 Å². The van der Waals surface area contributed by atoms with Crippen molar-refractivity contribution in [3.05, 3.63) is 70.3 Å². The third-order valence-electron chi connectivity index (χ3n) is 7.02. The van der Waals surface area contributed by atoms with Gasteiger partial charge in [-0.2, -0.15) is 0 Å². The van der Waals surface area contributed by atoms with Crippen molar-refractivity contribution in [3.8, 4) is 5.69 Å². The van der Waals surface area contributed by atoms with Gasteiger partial charge in [0, 0.05) is 19.6 Å². The number of benzene rings is 2. The minimum absolute atomic E-state index is 0.0255. The second-order valence-corrected chi connectivity index (χ2v) is 9.18. The maximum atomic E-state index is 13.7. The number of carbonyl (C=O) groups is 1. The van der Waals surface area contributed by atoms with Crippen molar-refractivity contribution in [1.82, 2.24) is 14.5 Å². The number of aryl methyl sites for hydroxylation is 1. The molecule has 0 N–H and O–H groups in total. The Morgan fingerprint density at radius 3 is 2.50 bits per heavy atom. The first kappa shape index (κ1) is 24.1. The fraction of sp³-hybridized carbons (Fsp3) is 0.464. The molecular weight excluding hydrogens is 426 g/mol. The molecule has 1 amide bonds. The summed E-state index contributed by atoms with van der Waals surface area (Å²) >= 11 is 0. The highest BCUT2D eigenvalue weighted by Gasteiger charge is 2.31. The average molecular weight is 462 g/mol. The lowest BCUT2D eigenvalue weighted by atomic mass is 9.88. The molecule has 1 atom stereocenters. The first-order valence-corrected chi connectivity index (χ1v) is 12.5. The SMILES string of the molecule is CCc1ccc(-n2c(C(C)N(CCOC)C(=O)C3CCCCC3)nc3ccccc3c2=O)cc1. The second-order valence-electron chi connectivity index (χ2n) is 9.18. The van der Waals surface area contributed by atoms with E-state index in [0.717, 1.165) is 37.8 Å². The standard InChI is InChI=1S/C28H35N3O3/c1-4-21-14-16-23(17-15-21)31-26(29-25-13-9-8-12-24(25)28(31)33)20(2)30(18-19-34-3)27(32)22-10-6-5-7-11-22/h8-9,12-17,20,22H,4-7,10-11,18-19H2,1-3H3. The van der Waals surface area contributed by atoms with Crippen LogP contribution in [0.2, 0.25) is 0 Å².